The highest BCUT2D eigenvalue weighted by atomic mass is 79.9. The first-order chi connectivity index (χ1) is 8.24. The molecule has 1 aromatic rings. The fourth-order valence-corrected chi connectivity index (χ4v) is 3.13. The molecule has 0 N–H and O–H groups in total. The topological polar surface area (TPSA) is 19.4 Å². The van der Waals surface area contributed by atoms with E-state index in [1.54, 1.807) is 6.20 Å². The molecule has 1 atom stereocenters. The Bertz CT molecular complexity index is 426. The molecule has 5 heteroatoms. The Morgan fingerprint density at radius 1 is 1.35 bits per heavy atom. The van der Waals surface area contributed by atoms with Gasteiger partial charge in [-0.3, -0.25) is 4.90 Å². The number of pyridine rings is 1. The van der Waals surface area contributed by atoms with Crippen molar-refractivity contribution in [2.45, 2.75) is 18.9 Å². The minimum atomic E-state index is -0.231. The van der Waals surface area contributed by atoms with Crippen LogP contribution in [0, 0.1) is 5.82 Å². The number of piperazine rings is 1. The molecule has 2 aliphatic heterocycles. The van der Waals surface area contributed by atoms with Crippen LogP contribution in [0.2, 0.25) is 0 Å². The second-order valence-corrected chi connectivity index (χ2v) is 5.65. The number of rotatable bonds is 1. The van der Waals surface area contributed by atoms with Gasteiger partial charge < -0.3 is 4.90 Å². The number of aromatic nitrogens is 1. The summed E-state index contributed by atoms with van der Waals surface area (Å²) in [6, 6.07) is 2.08. The molecule has 1 aromatic heterocycles. The van der Waals surface area contributed by atoms with Gasteiger partial charge in [-0.05, 0) is 41.4 Å². The molecule has 2 aliphatic rings. The molecule has 0 bridgehead atoms. The predicted octanol–water partition coefficient (Wildman–Crippen LogP) is 2.27. The van der Waals surface area contributed by atoms with Crippen molar-refractivity contribution in [1.82, 2.24) is 9.88 Å². The third-order valence-electron chi connectivity index (χ3n) is 3.68. The maximum Gasteiger partial charge on any atom is 0.166 e. The van der Waals surface area contributed by atoms with E-state index in [0.29, 0.717) is 16.3 Å². The molecule has 3 nitrogen and oxygen atoms in total. The van der Waals surface area contributed by atoms with E-state index in [1.807, 2.05) is 0 Å². The highest BCUT2D eigenvalue weighted by Gasteiger charge is 2.31. The van der Waals surface area contributed by atoms with Crippen LogP contribution >= 0.6 is 15.9 Å². The zero-order valence-corrected chi connectivity index (χ0v) is 11.2. The van der Waals surface area contributed by atoms with Crippen molar-refractivity contribution in [3.8, 4) is 0 Å². The van der Waals surface area contributed by atoms with Gasteiger partial charge in [-0.2, -0.15) is 0 Å². The van der Waals surface area contributed by atoms with Crippen molar-refractivity contribution in [2.24, 2.45) is 0 Å². The van der Waals surface area contributed by atoms with Crippen LogP contribution in [0.15, 0.2) is 16.7 Å². The minimum absolute atomic E-state index is 0.231. The second kappa shape index (κ2) is 4.53. The summed E-state index contributed by atoms with van der Waals surface area (Å²) in [5.41, 5.74) is 0. The zero-order chi connectivity index (χ0) is 11.8. The number of hydrogen-bond acceptors (Lipinski definition) is 3. The molecule has 0 aliphatic carbocycles. The van der Waals surface area contributed by atoms with E-state index >= 15 is 0 Å². The lowest BCUT2D eigenvalue weighted by molar-refractivity contribution is 0.229. The largest absolute Gasteiger partial charge is 0.351 e. The first kappa shape index (κ1) is 11.4. The summed E-state index contributed by atoms with van der Waals surface area (Å²) in [6.45, 7) is 4.02. The molecule has 3 heterocycles. The molecule has 17 heavy (non-hydrogen) atoms. The van der Waals surface area contributed by atoms with Crippen molar-refractivity contribution in [2.75, 3.05) is 31.1 Å². The zero-order valence-electron chi connectivity index (χ0n) is 9.57. The van der Waals surface area contributed by atoms with Crippen molar-refractivity contribution >= 4 is 21.7 Å². The maximum atomic E-state index is 13.8. The van der Waals surface area contributed by atoms with Gasteiger partial charge in [0.2, 0.25) is 0 Å². The summed E-state index contributed by atoms with van der Waals surface area (Å²) in [6.07, 6.45) is 4.17. The average Bonchev–Trinajstić information content (AvgIpc) is 2.75. The van der Waals surface area contributed by atoms with Gasteiger partial charge in [0, 0.05) is 36.3 Å². The summed E-state index contributed by atoms with van der Waals surface area (Å²) < 4.78 is 14.5. The number of hydrogen-bond donors (Lipinski definition) is 0. The van der Waals surface area contributed by atoms with Gasteiger partial charge in [-0.1, -0.05) is 0 Å². The third kappa shape index (κ3) is 2.18. The van der Waals surface area contributed by atoms with Crippen LogP contribution in [-0.4, -0.2) is 42.1 Å². The third-order valence-corrected chi connectivity index (χ3v) is 4.11. The standard InChI is InChI=1S/C12H15BrFN3/c13-9-6-11(14)12(15-7-9)17-5-4-16-3-1-2-10(16)8-17/h6-7,10H,1-5,8H2. The minimum Gasteiger partial charge on any atom is -0.351 e. The Morgan fingerprint density at radius 3 is 3.06 bits per heavy atom. The van der Waals surface area contributed by atoms with Gasteiger partial charge in [0.25, 0.3) is 0 Å². The molecule has 92 valence electrons. The SMILES string of the molecule is Fc1cc(Br)cnc1N1CCN2CCCC2C1. The van der Waals surface area contributed by atoms with Crippen LogP contribution in [-0.2, 0) is 0 Å². The molecule has 1 unspecified atom stereocenters. The first-order valence-electron chi connectivity index (χ1n) is 6.04. The van der Waals surface area contributed by atoms with Crippen LogP contribution in [0.25, 0.3) is 0 Å². The first-order valence-corrected chi connectivity index (χ1v) is 6.83. The maximum absolute atomic E-state index is 13.8. The van der Waals surface area contributed by atoms with E-state index in [1.165, 1.54) is 25.5 Å². The lowest BCUT2D eigenvalue weighted by atomic mass is 10.1. The Labute approximate surface area is 109 Å². The fraction of sp³-hybridized carbons (Fsp3) is 0.583. The summed E-state index contributed by atoms with van der Waals surface area (Å²) in [5.74, 6) is 0.269. The molecule has 0 aromatic carbocycles. The van der Waals surface area contributed by atoms with Crippen LogP contribution in [0.3, 0.4) is 0 Å². The summed E-state index contributed by atoms with van der Waals surface area (Å²) >= 11 is 3.24. The average molecular weight is 300 g/mol. The summed E-state index contributed by atoms with van der Waals surface area (Å²) in [7, 11) is 0. The number of anilines is 1. The van der Waals surface area contributed by atoms with Crippen molar-refractivity contribution in [3.05, 3.63) is 22.6 Å². The van der Waals surface area contributed by atoms with Gasteiger partial charge in [-0.15, -0.1) is 0 Å². The summed E-state index contributed by atoms with van der Waals surface area (Å²) in [5, 5.41) is 0. The molecular weight excluding hydrogens is 285 g/mol. The van der Waals surface area contributed by atoms with Crippen molar-refractivity contribution in [1.29, 1.82) is 0 Å². The lowest BCUT2D eigenvalue weighted by Crippen LogP contribution is -2.50. The van der Waals surface area contributed by atoms with Gasteiger partial charge in [0.15, 0.2) is 11.6 Å². The Kier molecular flexibility index (Phi) is 3.04. The number of fused-ring (bicyclic) bond motifs is 1. The molecule has 2 fully saturated rings. The molecule has 0 saturated carbocycles. The quantitative estimate of drug-likeness (QED) is 0.793. The van der Waals surface area contributed by atoms with E-state index in [2.05, 4.69) is 30.7 Å². The molecule has 2 saturated heterocycles. The predicted molar refractivity (Wildman–Crippen MR) is 68.7 cm³/mol. The Balaban J connectivity index is 1.80. The highest BCUT2D eigenvalue weighted by molar-refractivity contribution is 9.10. The van der Waals surface area contributed by atoms with E-state index in [0.717, 1.165) is 19.6 Å². The fourth-order valence-electron chi connectivity index (χ4n) is 2.82. The van der Waals surface area contributed by atoms with Crippen molar-refractivity contribution in [3.63, 3.8) is 0 Å². The number of nitrogens with zero attached hydrogens (tertiary/aromatic N) is 3. The van der Waals surface area contributed by atoms with E-state index in [-0.39, 0.29) is 5.82 Å². The monoisotopic (exact) mass is 299 g/mol. The van der Waals surface area contributed by atoms with Crippen LogP contribution in [0.4, 0.5) is 10.2 Å². The normalized spacial score (nSPS) is 25.1. The Morgan fingerprint density at radius 2 is 2.24 bits per heavy atom. The van der Waals surface area contributed by atoms with Gasteiger partial charge >= 0.3 is 0 Å². The summed E-state index contributed by atoms with van der Waals surface area (Å²) in [4.78, 5) is 8.79. The highest BCUT2D eigenvalue weighted by Crippen LogP contribution is 2.26. The van der Waals surface area contributed by atoms with Crippen LogP contribution in [0.1, 0.15) is 12.8 Å². The van der Waals surface area contributed by atoms with E-state index in [9.17, 15) is 4.39 Å². The lowest BCUT2D eigenvalue weighted by Gasteiger charge is -2.38. The van der Waals surface area contributed by atoms with Gasteiger partial charge in [0.05, 0.1) is 0 Å². The van der Waals surface area contributed by atoms with Crippen LogP contribution in [0.5, 0.6) is 0 Å². The molecule has 0 spiro atoms. The smallest absolute Gasteiger partial charge is 0.166 e. The van der Waals surface area contributed by atoms with Crippen molar-refractivity contribution < 1.29 is 4.39 Å². The molecule has 0 radical (unpaired) electrons. The number of halogens is 2. The second-order valence-electron chi connectivity index (χ2n) is 4.74. The van der Waals surface area contributed by atoms with Crippen LogP contribution < -0.4 is 4.90 Å². The van der Waals surface area contributed by atoms with E-state index in [4.69, 9.17) is 0 Å². The molecule has 0 amide bonds. The van der Waals surface area contributed by atoms with E-state index < -0.39 is 0 Å². The Hall–Kier alpha value is -0.680. The van der Waals surface area contributed by atoms with Gasteiger partial charge in [-0.25, -0.2) is 9.37 Å². The molecule has 3 rings (SSSR count). The molecular formula is C12H15BrFN3. The van der Waals surface area contributed by atoms with Gasteiger partial charge in [0.1, 0.15) is 0 Å².